The average molecular weight is 791 g/mol. The number of fused-ring (bicyclic) bond motifs is 4. The highest BCUT2D eigenvalue weighted by Gasteiger charge is 2.48. The number of nitrogens with one attached hydrogen (secondary N) is 2. The Kier molecular flexibility index (Phi) is 13.3. The highest BCUT2D eigenvalue weighted by molar-refractivity contribution is 5.97. The molecule has 0 aliphatic carbocycles. The van der Waals surface area contributed by atoms with E-state index in [0.717, 1.165) is 63.7 Å². The minimum atomic E-state index is -0.799. The number of rotatable bonds is 19. The molecule has 10 nitrogen and oxygen atoms in total. The third-order valence-electron chi connectivity index (χ3n) is 11.9. The summed E-state index contributed by atoms with van der Waals surface area (Å²) in [6, 6.07) is 29.5. The van der Waals surface area contributed by atoms with Crippen molar-refractivity contribution in [2.24, 2.45) is 5.92 Å². The number of nitrogens with zero attached hydrogens (tertiary/aromatic N) is 1. The van der Waals surface area contributed by atoms with Crippen LogP contribution in [-0.4, -0.2) is 83.4 Å². The maximum Gasteiger partial charge on any atom is 0.307 e. The number of H-pyrrole nitrogens is 1. The number of halogens is 1. The second-order valence-corrected chi connectivity index (χ2v) is 15.9. The maximum atomic E-state index is 14.5. The van der Waals surface area contributed by atoms with Crippen molar-refractivity contribution in [1.29, 1.82) is 0 Å². The molecule has 11 heteroatoms. The van der Waals surface area contributed by atoms with Crippen LogP contribution in [0.5, 0.6) is 11.5 Å². The number of hydrogen-bond donors (Lipinski definition) is 4. The number of ketones is 1. The molecule has 3 aliphatic rings. The molecule has 0 saturated carbocycles. The highest BCUT2D eigenvalue weighted by Crippen LogP contribution is 2.37. The molecule has 1 aromatic heterocycles. The van der Waals surface area contributed by atoms with Gasteiger partial charge in [0.1, 0.15) is 30.4 Å². The number of pyridine rings is 1. The number of unbranched alkanes of at least 4 members (excludes halogenated alkanes) is 3. The number of carbonyl (C=O) groups is 2. The van der Waals surface area contributed by atoms with Crippen molar-refractivity contribution in [2.45, 2.75) is 63.1 Å². The molecule has 58 heavy (non-hydrogen) atoms. The van der Waals surface area contributed by atoms with E-state index in [1.807, 2.05) is 60.7 Å². The minimum absolute atomic E-state index is 0.0378. The molecule has 4 heterocycles. The smallest absolute Gasteiger partial charge is 0.307 e. The fourth-order valence-electron chi connectivity index (χ4n) is 8.75. The van der Waals surface area contributed by atoms with Gasteiger partial charge in [-0.1, -0.05) is 73.5 Å². The van der Waals surface area contributed by atoms with Crippen molar-refractivity contribution >= 4 is 22.7 Å². The van der Waals surface area contributed by atoms with Crippen LogP contribution >= 0.6 is 0 Å². The summed E-state index contributed by atoms with van der Waals surface area (Å²) in [5, 5.41) is 24.8. The quantitative estimate of drug-likeness (QED) is 0.0299. The average Bonchev–Trinajstić information content (AvgIpc) is 3.23. The number of piperidine rings is 3. The lowest BCUT2D eigenvalue weighted by atomic mass is 9.82. The number of aromatic nitrogens is 1. The van der Waals surface area contributed by atoms with E-state index in [1.54, 1.807) is 18.2 Å². The Morgan fingerprint density at radius 3 is 2.43 bits per heavy atom. The van der Waals surface area contributed by atoms with Gasteiger partial charge < -0.3 is 34.5 Å². The minimum Gasteiger partial charge on any atom is -0.506 e. The molecule has 4 N–H and O–H groups in total. The Labute approximate surface area is 338 Å². The fraction of sp³-hybridized carbons (Fsp3) is 0.383. The zero-order chi connectivity index (χ0) is 40.5. The van der Waals surface area contributed by atoms with Crippen LogP contribution in [0.25, 0.3) is 10.9 Å². The van der Waals surface area contributed by atoms with Crippen LogP contribution in [0.2, 0.25) is 0 Å². The molecule has 3 fully saturated rings. The van der Waals surface area contributed by atoms with E-state index in [1.165, 1.54) is 24.3 Å². The first-order valence-corrected chi connectivity index (χ1v) is 20.5. The van der Waals surface area contributed by atoms with Gasteiger partial charge in [-0.25, -0.2) is 4.39 Å². The molecule has 3 atom stereocenters. The van der Waals surface area contributed by atoms with Crippen molar-refractivity contribution in [3.63, 3.8) is 0 Å². The Morgan fingerprint density at radius 1 is 0.879 bits per heavy atom. The van der Waals surface area contributed by atoms with Gasteiger partial charge in [0.2, 0.25) is 11.3 Å². The number of phenolic OH excluding ortho intramolecular Hbond substituents is 1. The summed E-state index contributed by atoms with van der Waals surface area (Å²) in [4.78, 5) is 41.2. The molecule has 0 amide bonds. The molecule has 3 saturated heterocycles. The first kappa shape index (κ1) is 40.8. The molecular formula is C47H53FN3O7+. The fourth-order valence-corrected chi connectivity index (χ4v) is 8.75. The topological polar surface area (TPSA) is 138 Å². The molecule has 3 aliphatic heterocycles. The summed E-state index contributed by atoms with van der Waals surface area (Å²) in [5.74, 6) is -0.0997. The van der Waals surface area contributed by atoms with Crippen molar-refractivity contribution < 1.29 is 38.1 Å². The number of aliphatic hydroxyl groups excluding tert-OH is 1. The van der Waals surface area contributed by atoms with Crippen LogP contribution < -0.4 is 15.6 Å². The molecule has 304 valence electrons. The first-order chi connectivity index (χ1) is 28.2. The molecule has 8 rings (SSSR count). The van der Waals surface area contributed by atoms with Crippen LogP contribution in [0, 0.1) is 11.7 Å². The van der Waals surface area contributed by atoms with Crippen LogP contribution in [0.15, 0.2) is 108 Å². The van der Waals surface area contributed by atoms with E-state index in [-0.39, 0.29) is 47.3 Å². The van der Waals surface area contributed by atoms with Gasteiger partial charge in [0.05, 0.1) is 37.7 Å². The number of aromatic amines is 1. The molecule has 4 aromatic carbocycles. The Hall–Kier alpha value is -5.36. The van der Waals surface area contributed by atoms with Gasteiger partial charge in [0.25, 0.3) is 0 Å². The van der Waals surface area contributed by atoms with Gasteiger partial charge in [0, 0.05) is 48.2 Å². The van der Waals surface area contributed by atoms with Crippen LogP contribution in [0.4, 0.5) is 4.39 Å². The van der Waals surface area contributed by atoms with Gasteiger partial charge in [-0.05, 0) is 72.5 Å². The van der Waals surface area contributed by atoms with Gasteiger partial charge >= 0.3 is 5.97 Å². The largest absolute Gasteiger partial charge is 0.506 e. The second-order valence-electron chi connectivity index (χ2n) is 15.9. The molecule has 2 bridgehead atoms. The number of esters is 1. The number of quaternary nitrogens is 1. The monoisotopic (exact) mass is 790 g/mol. The Balaban J connectivity index is 0.879. The van der Waals surface area contributed by atoms with E-state index >= 15 is 0 Å². The lowest BCUT2D eigenvalue weighted by Crippen LogP contribution is -2.65. The van der Waals surface area contributed by atoms with Gasteiger partial charge in [-0.2, -0.15) is 0 Å². The van der Waals surface area contributed by atoms with E-state index in [0.29, 0.717) is 64.1 Å². The van der Waals surface area contributed by atoms with Crippen LogP contribution in [-0.2, 0) is 9.53 Å². The number of aliphatic hydroxyl groups is 1. The summed E-state index contributed by atoms with van der Waals surface area (Å²) in [6.07, 6.45) is 4.53. The number of benzene rings is 4. The number of aromatic hydroxyl groups is 1. The zero-order valence-electron chi connectivity index (χ0n) is 32.8. The normalized spacial score (nSPS) is 19.8. The zero-order valence-corrected chi connectivity index (χ0v) is 32.8. The molecule has 5 aromatic rings. The van der Waals surface area contributed by atoms with E-state index in [4.69, 9.17) is 9.47 Å². The predicted octanol–water partition coefficient (Wildman–Crippen LogP) is 7.19. The Morgan fingerprint density at radius 2 is 1.64 bits per heavy atom. The van der Waals surface area contributed by atoms with E-state index in [9.17, 15) is 29.0 Å². The second kappa shape index (κ2) is 18.9. The molecule has 0 spiro atoms. The standard InChI is InChI=1S/C47H52FN3O7/c48-36-14-8-12-34(26-36)40(28-46(56)58-44-31-51(23-20-33(44)21-24-51)30-43(54)32-10-4-3-5-11-32)35-13-9-15-37(27-35)57-25-7-2-1-6-22-49-29-42(53)38-16-18-41(52)47-39(38)17-19-45(55)50-47/h3-5,8-19,26-27,33,40,42,44,49,53H,1-2,6-7,20-25,28-31H2,(H-,50,52,55)/p+1/t33?,40?,42-,44-,51?/m0/s1. The van der Waals surface area contributed by atoms with E-state index in [2.05, 4.69) is 10.3 Å². The number of Topliss-reactive ketones (excluding diaryl/α,β-unsaturated/α-hetero) is 1. The first-order valence-electron chi connectivity index (χ1n) is 20.5. The van der Waals surface area contributed by atoms with Crippen molar-refractivity contribution in [3.05, 3.63) is 142 Å². The van der Waals surface area contributed by atoms with Crippen LogP contribution in [0.1, 0.15) is 84.0 Å². The predicted molar refractivity (Wildman–Crippen MR) is 220 cm³/mol. The summed E-state index contributed by atoms with van der Waals surface area (Å²) in [5.41, 5.74) is 2.87. The van der Waals surface area contributed by atoms with Gasteiger partial charge in [-0.3, -0.25) is 14.4 Å². The summed E-state index contributed by atoms with van der Waals surface area (Å²) in [7, 11) is 0. The third kappa shape index (κ3) is 10.2. The maximum absolute atomic E-state index is 14.5. The van der Waals surface area contributed by atoms with Crippen molar-refractivity contribution in [2.75, 3.05) is 45.9 Å². The highest BCUT2D eigenvalue weighted by atomic mass is 19.1. The van der Waals surface area contributed by atoms with Crippen LogP contribution in [0.3, 0.4) is 0 Å². The molecular weight excluding hydrogens is 738 g/mol. The number of carbonyl (C=O) groups excluding carboxylic acids is 2. The summed E-state index contributed by atoms with van der Waals surface area (Å²) < 4.78 is 27.5. The lowest BCUT2D eigenvalue weighted by Gasteiger charge is -2.51. The van der Waals surface area contributed by atoms with Crippen molar-refractivity contribution in [1.82, 2.24) is 10.3 Å². The third-order valence-corrected chi connectivity index (χ3v) is 11.9. The SMILES string of the molecule is O=C(CC(c1cccc(F)c1)c1cccc(OCCCCCCNC[C@H](O)c2ccc(O)c3[nH]c(=O)ccc23)c1)O[C@H]1C[N+]2(CC(=O)c3ccccc3)CCC1CC2. The Bertz CT molecular complexity index is 2240. The van der Waals surface area contributed by atoms with Crippen molar-refractivity contribution in [3.8, 4) is 11.5 Å². The number of phenols is 1. The van der Waals surface area contributed by atoms with Gasteiger partial charge in [0.15, 0.2) is 6.10 Å². The van der Waals surface area contributed by atoms with Gasteiger partial charge in [-0.15, -0.1) is 0 Å². The summed E-state index contributed by atoms with van der Waals surface area (Å²) >= 11 is 0. The van der Waals surface area contributed by atoms with E-state index < -0.39 is 12.0 Å². The molecule has 1 unspecified atom stereocenters. The lowest BCUT2D eigenvalue weighted by molar-refractivity contribution is -0.938. The molecule has 0 radical (unpaired) electrons. The summed E-state index contributed by atoms with van der Waals surface area (Å²) in [6.45, 7) is 4.44. The number of hydrogen-bond acceptors (Lipinski definition) is 8. The number of ether oxygens (including phenoxy) is 2.